The molecule has 0 heterocycles. The smallest absolute Gasteiger partial charge is 0.119 e. The molecule has 0 amide bonds. The number of ether oxygens (including phenoxy) is 1. The monoisotopic (exact) mass is 289 g/mol. The normalized spacial score (nSPS) is 24.8. The highest BCUT2D eigenvalue weighted by molar-refractivity contribution is 5.57. The van der Waals surface area contributed by atoms with Crippen molar-refractivity contribution in [3.63, 3.8) is 0 Å². The quantitative estimate of drug-likeness (QED) is 0.817. The Labute approximate surface area is 128 Å². The number of hydrogen-bond donors (Lipinski definition) is 2. The molecule has 0 aromatic heterocycles. The van der Waals surface area contributed by atoms with Crippen LogP contribution in [0.1, 0.15) is 44.6 Å². The Morgan fingerprint density at radius 1 is 1.33 bits per heavy atom. The summed E-state index contributed by atoms with van der Waals surface area (Å²) in [6, 6.07) is 8.02. The van der Waals surface area contributed by atoms with Crippen molar-refractivity contribution in [1.82, 2.24) is 5.32 Å². The summed E-state index contributed by atoms with van der Waals surface area (Å²) >= 11 is 0. The predicted octanol–water partition coefficient (Wildman–Crippen LogP) is 3.38. The van der Waals surface area contributed by atoms with Gasteiger partial charge in [-0.2, -0.15) is 0 Å². The Morgan fingerprint density at radius 2 is 2.19 bits per heavy atom. The van der Waals surface area contributed by atoms with Crippen LogP contribution in [0.4, 0.5) is 0 Å². The van der Waals surface area contributed by atoms with Crippen molar-refractivity contribution in [2.75, 3.05) is 20.2 Å². The first kappa shape index (κ1) is 16.1. The van der Waals surface area contributed by atoms with E-state index in [2.05, 4.69) is 24.4 Å². The van der Waals surface area contributed by atoms with Crippen molar-refractivity contribution < 1.29 is 9.84 Å². The number of methoxy groups -OCH3 is 1. The number of benzene rings is 1. The summed E-state index contributed by atoms with van der Waals surface area (Å²) in [6.45, 7) is 3.60. The van der Waals surface area contributed by atoms with Crippen LogP contribution in [0, 0.1) is 0 Å². The van der Waals surface area contributed by atoms with Crippen molar-refractivity contribution in [2.24, 2.45) is 0 Å². The summed E-state index contributed by atoms with van der Waals surface area (Å²) in [6.07, 6.45) is 7.41. The van der Waals surface area contributed by atoms with Crippen LogP contribution in [0.25, 0.3) is 6.08 Å². The summed E-state index contributed by atoms with van der Waals surface area (Å²) < 4.78 is 5.28. The van der Waals surface area contributed by atoms with Gasteiger partial charge in [-0.15, -0.1) is 0 Å². The van der Waals surface area contributed by atoms with Gasteiger partial charge in [0, 0.05) is 6.54 Å². The first-order valence-electron chi connectivity index (χ1n) is 7.96. The molecule has 21 heavy (non-hydrogen) atoms. The standard InChI is InChI=1S/C18H27NO2/c1-3-19-14-18(20)11-6-4-5-9-16(18)12-15-8-7-10-17(13-15)21-2/h7-8,10,12-13,19-20H,3-6,9,11,14H2,1-2H3. The summed E-state index contributed by atoms with van der Waals surface area (Å²) in [5.41, 5.74) is 1.53. The zero-order chi connectivity index (χ0) is 15.1. The maximum atomic E-state index is 11.1. The lowest BCUT2D eigenvalue weighted by Gasteiger charge is -2.30. The summed E-state index contributed by atoms with van der Waals surface area (Å²) in [7, 11) is 1.68. The van der Waals surface area contributed by atoms with Gasteiger partial charge < -0.3 is 15.2 Å². The average Bonchev–Trinajstić information content (AvgIpc) is 2.68. The molecule has 1 fully saturated rings. The Hall–Kier alpha value is -1.32. The van der Waals surface area contributed by atoms with Gasteiger partial charge in [0.2, 0.25) is 0 Å². The third-order valence-electron chi connectivity index (χ3n) is 4.24. The Balaban J connectivity index is 2.28. The highest BCUT2D eigenvalue weighted by Crippen LogP contribution is 2.33. The zero-order valence-electron chi connectivity index (χ0n) is 13.2. The number of rotatable bonds is 5. The first-order valence-corrected chi connectivity index (χ1v) is 7.96. The average molecular weight is 289 g/mol. The van der Waals surface area contributed by atoms with E-state index in [1.807, 2.05) is 18.2 Å². The Kier molecular flexibility index (Phi) is 5.83. The molecule has 1 aliphatic rings. The Bertz CT molecular complexity index is 484. The molecule has 1 atom stereocenters. The molecule has 1 aromatic carbocycles. The van der Waals surface area contributed by atoms with Crippen molar-refractivity contribution in [3.8, 4) is 5.75 Å². The minimum atomic E-state index is -0.713. The molecule has 1 aliphatic carbocycles. The van der Waals surface area contributed by atoms with Gasteiger partial charge in [0.25, 0.3) is 0 Å². The molecule has 1 aromatic rings. The maximum absolute atomic E-state index is 11.1. The zero-order valence-corrected chi connectivity index (χ0v) is 13.2. The lowest BCUT2D eigenvalue weighted by atomic mass is 9.87. The van der Waals surface area contributed by atoms with Crippen LogP contribution in [0.15, 0.2) is 29.8 Å². The molecule has 0 aliphatic heterocycles. The summed E-state index contributed by atoms with van der Waals surface area (Å²) in [5, 5.41) is 14.4. The number of nitrogens with one attached hydrogen (secondary N) is 1. The molecule has 3 heteroatoms. The number of hydrogen-bond acceptors (Lipinski definition) is 3. The molecule has 116 valence electrons. The van der Waals surface area contributed by atoms with E-state index in [-0.39, 0.29) is 0 Å². The van der Waals surface area contributed by atoms with Gasteiger partial charge in [-0.05, 0) is 49.1 Å². The van der Waals surface area contributed by atoms with Gasteiger partial charge in [0.15, 0.2) is 0 Å². The number of aliphatic hydroxyl groups is 1. The van der Waals surface area contributed by atoms with Crippen molar-refractivity contribution in [1.29, 1.82) is 0 Å². The molecule has 0 radical (unpaired) electrons. The van der Waals surface area contributed by atoms with Gasteiger partial charge in [-0.25, -0.2) is 0 Å². The van der Waals surface area contributed by atoms with Gasteiger partial charge in [0.05, 0.1) is 12.7 Å². The van der Waals surface area contributed by atoms with Gasteiger partial charge >= 0.3 is 0 Å². The van der Waals surface area contributed by atoms with Crippen molar-refractivity contribution >= 4 is 6.08 Å². The molecule has 2 rings (SSSR count). The molecular formula is C18H27NO2. The third kappa shape index (κ3) is 4.32. The van der Waals surface area contributed by atoms with E-state index in [0.717, 1.165) is 49.1 Å². The molecule has 0 bridgehead atoms. The molecular weight excluding hydrogens is 262 g/mol. The van der Waals surface area contributed by atoms with E-state index in [9.17, 15) is 5.11 Å². The second kappa shape index (κ2) is 7.62. The van der Waals surface area contributed by atoms with Crippen LogP contribution in [-0.4, -0.2) is 30.9 Å². The van der Waals surface area contributed by atoms with E-state index < -0.39 is 5.60 Å². The van der Waals surface area contributed by atoms with Gasteiger partial charge in [0.1, 0.15) is 5.75 Å². The van der Waals surface area contributed by atoms with Crippen molar-refractivity contribution in [2.45, 2.75) is 44.6 Å². The van der Waals surface area contributed by atoms with E-state index in [1.165, 1.54) is 6.42 Å². The fourth-order valence-electron chi connectivity index (χ4n) is 2.98. The predicted molar refractivity (Wildman–Crippen MR) is 87.5 cm³/mol. The highest BCUT2D eigenvalue weighted by atomic mass is 16.5. The minimum absolute atomic E-state index is 0.638. The minimum Gasteiger partial charge on any atom is -0.497 e. The highest BCUT2D eigenvalue weighted by Gasteiger charge is 2.32. The number of likely N-dealkylation sites (N-methyl/N-ethyl adjacent to an activating group) is 1. The third-order valence-corrected chi connectivity index (χ3v) is 4.24. The van der Waals surface area contributed by atoms with Crippen LogP contribution in [0.3, 0.4) is 0 Å². The van der Waals surface area contributed by atoms with Crippen LogP contribution in [-0.2, 0) is 0 Å². The molecule has 1 unspecified atom stereocenters. The molecule has 1 saturated carbocycles. The maximum Gasteiger partial charge on any atom is 0.119 e. The fourth-order valence-corrected chi connectivity index (χ4v) is 2.98. The van der Waals surface area contributed by atoms with Gasteiger partial charge in [-0.3, -0.25) is 0 Å². The van der Waals surface area contributed by atoms with Crippen molar-refractivity contribution in [3.05, 3.63) is 35.4 Å². The van der Waals surface area contributed by atoms with Crippen LogP contribution < -0.4 is 10.1 Å². The summed E-state index contributed by atoms with van der Waals surface area (Å²) in [5.74, 6) is 0.855. The van der Waals surface area contributed by atoms with Crippen LogP contribution in [0.2, 0.25) is 0 Å². The lowest BCUT2D eigenvalue weighted by Crippen LogP contribution is -2.41. The second-order valence-electron chi connectivity index (χ2n) is 5.82. The molecule has 3 nitrogen and oxygen atoms in total. The summed E-state index contributed by atoms with van der Waals surface area (Å²) in [4.78, 5) is 0. The van der Waals surface area contributed by atoms with E-state index in [0.29, 0.717) is 6.54 Å². The molecule has 0 saturated heterocycles. The molecule has 2 N–H and O–H groups in total. The largest absolute Gasteiger partial charge is 0.497 e. The van der Waals surface area contributed by atoms with Crippen LogP contribution in [0.5, 0.6) is 5.75 Å². The van der Waals surface area contributed by atoms with E-state index in [4.69, 9.17) is 4.74 Å². The SMILES string of the molecule is CCNCC1(O)CCCCCC1=Cc1cccc(OC)c1. The van der Waals surface area contributed by atoms with Crippen LogP contribution >= 0.6 is 0 Å². The second-order valence-corrected chi connectivity index (χ2v) is 5.82. The Morgan fingerprint density at radius 3 is 2.95 bits per heavy atom. The topological polar surface area (TPSA) is 41.5 Å². The van der Waals surface area contributed by atoms with E-state index >= 15 is 0 Å². The fraction of sp³-hybridized carbons (Fsp3) is 0.556. The van der Waals surface area contributed by atoms with Gasteiger partial charge in [-0.1, -0.05) is 38.0 Å². The van der Waals surface area contributed by atoms with E-state index in [1.54, 1.807) is 7.11 Å². The lowest BCUT2D eigenvalue weighted by molar-refractivity contribution is 0.0691. The first-order chi connectivity index (χ1) is 10.2. The molecule has 0 spiro atoms.